The highest BCUT2D eigenvalue weighted by atomic mass is 35.5. The number of nitrogens with one attached hydrogen (secondary N) is 2. The van der Waals surface area contributed by atoms with Gasteiger partial charge in [0.05, 0.1) is 44.4 Å². The fraction of sp³-hybridized carbons (Fsp3) is 0.154. The average molecular weight is 550 g/mol. The minimum atomic E-state index is -0.802. The number of fused-ring (bicyclic) bond motifs is 1. The van der Waals surface area contributed by atoms with Gasteiger partial charge in [0.25, 0.3) is 0 Å². The number of halogens is 2. The Hall–Kier alpha value is -4.22. The highest BCUT2D eigenvalue weighted by molar-refractivity contribution is 7.18. The number of anilines is 2. The van der Waals surface area contributed by atoms with E-state index >= 15 is 0 Å². The van der Waals surface area contributed by atoms with Crippen LogP contribution < -0.4 is 16.7 Å². The van der Waals surface area contributed by atoms with E-state index in [1.807, 2.05) is 6.92 Å². The summed E-state index contributed by atoms with van der Waals surface area (Å²) in [7, 11) is 0. The monoisotopic (exact) mass is 549 g/mol. The SMILES string of the molecule is CCc1nc2cc(Cl)c(Nc3nc(=O)n(-c4cncc(C)c4)c(=O)n3Cc3ccc(F)c(C=N)c3)cc2s1. The van der Waals surface area contributed by atoms with Crippen LogP contribution in [0.1, 0.15) is 28.6 Å². The van der Waals surface area contributed by atoms with E-state index < -0.39 is 17.2 Å². The smallest absolute Gasteiger partial charge is 0.324 e. The summed E-state index contributed by atoms with van der Waals surface area (Å²) < 4.78 is 17.1. The van der Waals surface area contributed by atoms with Crippen LogP contribution in [0, 0.1) is 18.2 Å². The zero-order valence-corrected chi connectivity index (χ0v) is 21.9. The summed E-state index contributed by atoms with van der Waals surface area (Å²) in [6, 6.07) is 9.36. The lowest BCUT2D eigenvalue weighted by Gasteiger charge is -2.16. The highest BCUT2D eigenvalue weighted by Crippen LogP contribution is 2.33. The van der Waals surface area contributed by atoms with E-state index in [9.17, 15) is 14.0 Å². The fourth-order valence-electron chi connectivity index (χ4n) is 3.96. The van der Waals surface area contributed by atoms with Crippen LogP contribution in [-0.4, -0.2) is 30.3 Å². The average Bonchev–Trinajstić information content (AvgIpc) is 3.29. The molecular weight excluding hydrogens is 529 g/mol. The van der Waals surface area contributed by atoms with Crippen molar-refractivity contribution < 1.29 is 4.39 Å². The van der Waals surface area contributed by atoms with Gasteiger partial charge in [0.15, 0.2) is 0 Å². The van der Waals surface area contributed by atoms with E-state index in [1.54, 1.807) is 31.3 Å². The molecule has 2 aromatic carbocycles. The van der Waals surface area contributed by atoms with Crippen molar-refractivity contribution in [2.75, 3.05) is 5.32 Å². The Balaban J connectivity index is 1.67. The number of aromatic nitrogens is 5. The molecule has 3 heterocycles. The fourth-order valence-corrected chi connectivity index (χ4v) is 5.10. The first-order valence-electron chi connectivity index (χ1n) is 11.6. The van der Waals surface area contributed by atoms with Gasteiger partial charge < -0.3 is 10.7 Å². The van der Waals surface area contributed by atoms with Gasteiger partial charge in [-0.05, 0) is 54.8 Å². The molecule has 0 aliphatic carbocycles. The van der Waals surface area contributed by atoms with Gasteiger partial charge in [-0.1, -0.05) is 24.6 Å². The second-order valence-corrected chi connectivity index (χ2v) is 10.1. The van der Waals surface area contributed by atoms with Gasteiger partial charge in [0.2, 0.25) is 5.95 Å². The minimum Gasteiger partial charge on any atom is -0.324 e. The number of nitrogens with zero attached hydrogens (tertiary/aromatic N) is 5. The summed E-state index contributed by atoms with van der Waals surface area (Å²) in [5, 5.41) is 11.8. The Morgan fingerprint density at radius 2 is 1.97 bits per heavy atom. The number of hydrogen-bond acceptors (Lipinski definition) is 8. The van der Waals surface area contributed by atoms with Crippen molar-refractivity contribution >= 4 is 51.0 Å². The number of rotatable bonds is 7. The van der Waals surface area contributed by atoms with Crippen molar-refractivity contribution in [3.05, 3.63) is 102 Å². The number of benzene rings is 2. The predicted octanol–water partition coefficient (Wildman–Crippen LogP) is 4.85. The van der Waals surface area contributed by atoms with Crippen LogP contribution in [0.3, 0.4) is 0 Å². The molecule has 0 saturated carbocycles. The van der Waals surface area contributed by atoms with Gasteiger partial charge >= 0.3 is 11.4 Å². The van der Waals surface area contributed by atoms with Crippen molar-refractivity contribution in [1.82, 2.24) is 24.1 Å². The van der Waals surface area contributed by atoms with Crippen molar-refractivity contribution in [3.8, 4) is 5.69 Å². The summed E-state index contributed by atoms with van der Waals surface area (Å²) in [6.07, 6.45) is 4.68. The Bertz CT molecular complexity index is 1830. The van der Waals surface area contributed by atoms with Crippen molar-refractivity contribution in [2.24, 2.45) is 0 Å². The second kappa shape index (κ2) is 10.3. The molecule has 0 amide bonds. The van der Waals surface area contributed by atoms with E-state index in [1.165, 1.54) is 40.3 Å². The van der Waals surface area contributed by atoms with Gasteiger partial charge in [0, 0.05) is 18.0 Å². The zero-order chi connectivity index (χ0) is 27.0. The summed E-state index contributed by atoms with van der Waals surface area (Å²) in [4.78, 5) is 39.6. The van der Waals surface area contributed by atoms with E-state index in [2.05, 4.69) is 20.3 Å². The molecule has 0 bridgehead atoms. The standard InChI is InChI=1S/C26H21ClFN7O2S/c1-3-23-31-21-8-18(27)20(9-22(21)38-23)32-24-33-25(36)35(17-6-14(2)11-30-12-17)26(37)34(24)13-15-4-5-19(28)16(7-15)10-29/h4-12,29H,3,13H2,1-2H3,(H,32,33,36). The number of pyridine rings is 1. The first-order chi connectivity index (χ1) is 18.3. The lowest BCUT2D eigenvalue weighted by atomic mass is 10.1. The molecule has 12 heteroatoms. The summed E-state index contributed by atoms with van der Waals surface area (Å²) in [5.41, 5.74) is 1.34. The van der Waals surface area contributed by atoms with E-state index in [-0.39, 0.29) is 23.7 Å². The molecule has 0 aliphatic heterocycles. The molecule has 38 heavy (non-hydrogen) atoms. The maximum atomic E-state index is 14.0. The molecule has 0 radical (unpaired) electrons. The van der Waals surface area contributed by atoms with E-state index in [0.29, 0.717) is 16.3 Å². The Morgan fingerprint density at radius 1 is 1.16 bits per heavy atom. The van der Waals surface area contributed by atoms with Crippen molar-refractivity contribution in [1.29, 1.82) is 5.41 Å². The van der Waals surface area contributed by atoms with Crippen molar-refractivity contribution in [3.63, 3.8) is 0 Å². The molecule has 0 aliphatic rings. The number of thiazole rings is 1. The van der Waals surface area contributed by atoms with Gasteiger partial charge in [-0.25, -0.2) is 23.5 Å². The molecule has 5 aromatic rings. The molecule has 192 valence electrons. The third kappa shape index (κ3) is 4.85. The minimum absolute atomic E-state index is 0.0425. The largest absolute Gasteiger partial charge is 0.359 e. The Kier molecular flexibility index (Phi) is 6.87. The molecule has 0 fully saturated rings. The number of aryl methyl sites for hydroxylation is 2. The third-order valence-corrected chi connectivity index (χ3v) is 7.29. The molecule has 9 nitrogen and oxygen atoms in total. The Labute approximate surface area is 224 Å². The normalized spacial score (nSPS) is 11.2. The van der Waals surface area contributed by atoms with Gasteiger partial charge in [-0.15, -0.1) is 11.3 Å². The summed E-state index contributed by atoms with van der Waals surface area (Å²) in [5.74, 6) is -0.599. The molecule has 3 aromatic heterocycles. The van der Waals surface area contributed by atoms with Crippen molar-refractivity contribution in [2.45, 2.75) is 26.8 Å². The predicted molar refractivity (Wildman–Crippen MR) is 147 cm³/mol. The third-order valence-electron chi connectivity index (χ3n) is 5.82. The zero-order valence-electron chi connectivity index (χ0n) is 20.3. The molecule has 0 spiro atoms. The summed E-state index contributed by atoms with van der Waals surface area (Å²) in [6.45, 7) is 3.75. The lowest BCUT2D eigenvalue weighted by molar-refractivity contribution is 0.621. The van der Waals surface area contributed by atoms with Gasteiger partial charge in [-0.2, -0.15) is 4.98 Å². The van der Waals surface area contributed by atoms with Crippen LogP contribution in [0.4, 0.5) is 16.0 Å². The highest BCUT2D eigenvalue weighted by Gasteiger charge is 2.18. The Morgan fingerprint density at radius 3 is 2.71 bits per heavy atom. The van der Waals surface area contributed by atoms with Crippen LogP contribution in [0.2, 0.25) is 5.02 Å². The maximum Gasteiger partial charge on any atom is 0.359 e. The van der Waals surface area contributed by atoms with Crippen LogP contribution in [0.5, 0.6) is 0 Å². The van der Waals surface area contributed by atoms with Gasteiger partial charge in [-0.3, -0.25) is 9.55 Å². The van der Waals surface area contributed by atoms with Gasteiger partial charge in [0.1, 0.15) is 5.82 Å². The van der Waals surface area contributed by atoms with Crippen LogP contribution in [0.25, 0.3) is 15.9 Å². The summed E-state index contributed by atoms with van der Waals surface area (Å²) >= 11 is 8.05. The van der Waals surface area contributed by atoms with E-state index in [4.69, 9.17) is 17.0 Å². The topological polar surface area (TPSA) is 119 Å². The molecule has 0 unspecified atom stereocenters. The molecular formula is C26H21ClFN7O2S. The molecule has 0 saturated heterocycles. The van der Waals surface area contributed by atoms with Crippen LogP contribution in [0.15, 0.2) is 58.4 Å². The molecule has 2 N–H and O–H groups in total. The first kappa shape index (κ1) is 25.4. The lowest BCUT2D eigenvalue weighted by Crippen LogP contribution is -2.41. The van der Waals surface area contributed by atoms with E-state index in [0.717, 1.165) is 38.0 Å². The van der Waals surface area contributed by atoms with Crippen LogP contribution in [-0.2, 0) is 13.0 Å². The quantitative estimate of drug-likeness (QED) is 0.280. The number of hydrogen-bond donors (Lipinski definition) is 2. The molecule has 5 rings (SSSR count). The molecule has 0 atom stereocenters. The van der Waals surface area contributed by atoms with Crippen LogP contribution >= 0.6 is 22.9 Å². The first-order valence-corrected chi connectivity index (χ1v) is 12.8. The second-order valence-electron chi connectivity index (χ2n) is 8.53. The maximum absolute atomic E-state index is 14.0.